The largest absolute Gasteiger partial charge is 0.480 e. The maximum atomic E-state index is 12.2. The second-order valence-electron chi connectivity index (χ2n) is 5.74. The zero-order valence-corrected chi connectivity index (χ0v) is 13.1. The number of carbonyl (C=O) groups excluding carboxylic acids is 2. The minimum absolute atomic E-state index is 0. The Balaban J connectivity index is 0.00000156. The van der Waals surface area contributed by atoms with E-state index in [1.54, 1.807) is 12.1 Å². The molecule has 0 atom stereocenters. The van der Waals surface area contributed by atoms with Gasteiger partial charge in [-0.1, -0.05) is 0 Å². The Morgan fingerprint density at radius 3 is 2.78 bits per heavy atom. The van der Waals surface area contributed by atoms with Crippen LogP contribution < -0.4 is 20.3 Å². The Morgan fingerprint density at radius 2 is 2.00 bits per heavy atom. The van der Waals surface area contributed by atoms with Crippen LogP contribution in [0.3, 0.4) is 0 Å². The van der Waals surface area contributed by atoms with Crippen molar-refractivity contribution in [3.8, 4) is 5.75 Å². The van der Waals surface area contributed by atoms with Crippen molar-refractivity contribution in [3.63, 3.8) is 0 Å². The molecule has 9 heteroatoms. The van der Waals surface area contributed by atoms with Crippen LogP contribution in [0.25, 0.3) is 0 Å². The molecule has 2 saturated heterocycles. The highest BCUT2D eigenvalue weighted by atomic mass is 35.5. The van der Waals surface area contributed by atoms with Crippen molar-refractivity contribution in [1.82, 2.24) is 10.3 Å². The number of hydrogen-bond donors (Lipinski definition) is 2. The molecule has 3 aliphatic heterocycles. The van der Waals surface area contributed by atoms with E-state index in [1.165, 1.54) is 4.90 Å². The number of pyridine rings is 1. The Labute approximate surface area is 138 Å². The zero-order chi connectivity index (χ0) is 15.2. The SMILES string of the molecule is Cl.O=C1COc2ccc(N3CC4(CCNCC4)OC3=O)nc2N1. The summed E-state index contributed by atoms with van der Waals surface area (Å²) in [6.07, 6.45) is 1.19. The van der Waals surface area contributed by atoms with Crippen LogP contribution in [0.15, 0.2) is 12.1 Å². The third kappa shape index (κ3) is 2.79. The van der Waals surface area contributed by atoms with Crippen LogP contribution in [0.5, 0.6) is 5.75 Å². The van der Waals surface area contributed by atoms with Crippen molar-refractivity contribution < 1.29 is 19.1 Å². The normalized spacial score (nSPS) is 21.8. The number of ether oxygens (including phenoxy) is 2. The van der Waals surface area contributed by atoms with Crippen molar-refractivity contribution >= 4 is 36.0 Å². The molecule has 3 aliphatic rings. The van der Waals surface area contributed by atoms with Gasteiger partial charge in [-0.25, -0.2) is 9.78 Å². The van der Waals surface area contributed by atoms with Crippen molar-refractivity contribution in [3.05, 3.63) is 12.1 Å². The first-order valence-electron chi connectivity index (χ1n) is 7.30. The molecule has 1 spiro atoms. The van der Waals surface area contributed by atoms with Gasteiger partial charge >= 0.3 is 6.09 Å². The summed E-state index contributed by atoms with van der Waals surface area (Å²) >= 11 is 0. The molecule has 0 bridgehead atoms. The van der Waals surface area contributed by atoms with Crippen LogP contribution in [0, 0.1) is 0 Å². The fourth-order valence-electron chi connectivity index (χ4n) is 3.05. The van der Waals surface area contributed by atoms with E-state index in [9.17, 15) is 9.59 Å². The van der Waals surface area contributed by atoms with Crippen LogP contribution in [-0.4, -0.2) is 48.8 Å². The Bertz CT molecular complexity index is 648. The van der Waals surface area contributed by atoms with Gasteiger partial charge < -0.3 is 20.1 Å². The smallest absolute Gasteiger partial charge is 0.416 e. The van der Waals surface area contributed by atoms with Gasteiger partial charge in [0.2, 0.25) is 0 Å². The average Bonchev–Trinajstić information content (AvgIpc) is 2.83. The average molecular weight is 341 g/mol. The Kier molecular flexibility index (Phi) is 4.03. The summed E-state index contributed by atoms with van der Waals surface area (Å²) in [5, 5.41) is 5.91. The lowest BCUT2D eigenvalue weighted by molar-refractivity contribution is -0.118. The molecule has 8 nitrogen and oxygen atoms in total. The highest BCUT2D eigenvalue weighted by Crippen LogP contribution is 2.35. The topological polar surface area (TPSA) is 92.8 Å². The lowest BCUT2D eigenvalue weighted by Crippen LogP contribution is -2.45. The molecule has 2 N–H and O–H groups in total. The predicted molar refractivity (Wildman–Crippen MR) is 84.3 cm³/mol. The van der Waals surface area contributed by atoms with Gasteiger partial charge in [0, 0.05) is 12.8 Å². The van der Waals surface area contributed by atoms with Crippen molar-refractivity contribution in [2.45, 2.75) is 18.4 Å². The minimum Gasteiger partial charge on any atom is -0.480 e. The number of amides is 2. The molecule has 0 unspecified atom stereocenters. The van der Waals surface area contributed by atoms with Crippen LogP contribution in [0.2, 0.25) is 0 Å². The van der Waals surface area contributed by atoms with Gasteiger partial charge in [0.25, 0.3) is 5.91 Å². The van der Waals surface area contributed by atoms with Crippen LogP contribution in [0.1, 0.15) is 12.8 Å². The third-order valence-corrected chi connectivity index (χ3v) is 4.22. The van der Waals surface area contributed by atoms with E-state index >= 15 is 0 Å². The number of hydrogen-bond acceptors (Lipinski definition) is 6. The van der Waals surface area contributed by atoms with Crippen LogP contribution in [0.4, 0.5) is 16.4 Å². The minimum atomic E-state index is -0.431. The first-order chi connectivity index (χ1) is 10.7. The van der Waals surface area contributed by atoms with E-state index < -0.39 is 11.7 Å². The number of piperidine rings is 1. The fraction of sp³-hybridized carbons (Fsp3) is 0.500. The van der Waals surface area contributed by atoms with Crippen LogP contribution >= 0.6 is 12.4 Å². The monoisotopic (exact) mass is 340 g/mol. The highest BCUT2D eigenvalue weighted by molar-refractivity contribution is 5.95. The number of carbonyl (C=O) groups is 2. The zero-order valence-electron chi connectivity index (χ0n) is 12.3. The summed E-state index contributed by atoms with van der Waals surface area (Å²) in [6.45, 7) is 2.13. The third-order valence-electron chi connectivity index (χ3n) is 4.22. The molecule has 1 aromatic rings. The molecule has 0 saturated carbocycles. The van der Waals surface area contributed by atoms with Crippen molar-refractivity contribution in [2.75, 3.05) is 36.5 Å². The molecular formula is C14H17ClN4O4. The molecule has 4 rings (SSSR count). The van der Waals surface area contributed by atoms with E-state index in [2.05, 4.69) is 15.6 Å². The number of nitrogens with one attached hydrogen (secondary N) is 2. The maximum absolute atomic E-state index is 12.2. The Morgan fingerprint density at radius 1 is 1.22 bits per heavy atom. The summed E-state index contributed by atoms with van der Waals surface area (Å²) in [4.78, 5) is 29.4. The first-order valence-corrected chi connectivity index (χ1v) is 7.30. The first kappa shape index (κ1) is 15.8. The molecule has 0 aliphatic carbocycles. The molecular weight excluding hydrogens is 324 g/mol. The quantitative estimate of drug-likeness (QED) is 0.789. The van der Waals surface area contributed by atoms with E-state index in [1.807, 2.05) is 0 Å². The maximum Gasteiger partial charge on any atom is 0.416 e. The van der Waals surface area contributed by atoms with E-state index in [-0.39, 0.29) is 24.9 Å². The van der Waals surface area contributed by atoms with Gasteiger partial charge in [-0.05, 0) is 25.2 Å². The summed E-state index contributed by atoms with van der Waals surface area (Å²) in [7, 11) is 0. The van der Waals surface area contributed by atoms with E-state index in [0.29, 0.717) is 23.9 Å². The van der Waals surface area contributed by atoms with Crippen molar-refractivity contribution in [2.24, 2.45) is 0 Å². The van der Waals surface area contributed by atoms with Gasteiger partial charge in [0.05, 0.1) is 6.54 Å². The van der Waals surface area contributed by atoms with E-state index in [0.717, 1.165) is 25.9 Å². The van der Waals surface area contributed by atoms with Gasteiger partial charge in [-0.2, -0.15) is 0 Å². The molecule has 0 radical (unpaired) electrons. The van der Waals surface area contributed by atoms with Gasteiger partial charge in [0.1, 0.15) is 11.4 Å². The molecule has 2 fully saturated rings. The lowest BCUT2D eigenvalue weighted by atomic mass is 9.92. The van der Waals surface area contributed by atoms with Gasteiger partial charge in [-0.3, -0.25) is 9.69 Å². The van der Waals surface area contributed by atoms with Crippen LogP contribution in [-0.2, 0) is 9.53 Å². The predicted octanol–water partition coefficient (Wildman–Crippen LogP) is 0.913. The molecule has 1 aromatic heterocycles. The summed E-state index contributed by atoms with van der Waals surface area (Å²) in [5.41, 5.74) is -0.431. The Hall–Kier alpha value is -2.06. The summed E-state index contributed by atoms with van der Waals surface area (Å²) in [6, 6.07) is 3.41. The number of halogens is 1. The fourth-order valence-corrected chi connectivity index (χ4v) is 3.05. The molecule has 0 aromatic carbocycles. The van der Waals surface area contributed by atoms with E-state index in [4.69, 9.17) is 9.47 Å². The van der Waals surface area contributed by atoms with Gasteiger partial charge in [-0.15, -0.1) is 12.4 Å². The second kappa shape index (κ2) is 5.86. The number of anilines is 2. The summed E-state index contributed by atoms with van der Waals surface area (Å²) in [5.74, 6) is 1.06. The standard InChI is InChI=1S/C14H16N4O4.ClH/c19-11-7-21-9-1-2-10(16-12(9)17-11)18-8-14(22-13(18)20)3-5-15-6-4-14;/h1-2,15H,3-8H2,(H,16,17,19);1H. The highest BCUT2D eigenvalue weighted by Gasteiger charge is 2.46. The second-order valence-corrected chi connectivity index (χ2v) is 5.74. The lowest BCUT2D eigenvalue weighted by Gasteiger charge is -2.31. The van der Waals surface area contributed by atoms with Gasteiger partial charge in [0.15, 0.2) is 18.2 Å². The summed E-state index contributed by atoms with van der Waals surface area (Å²) < 4.78 is 10.9. The number of aromatic nitrogens is 1. The molecule has 23 heavy (non-hydrogen) atoms. The number of rotatable bonds is 1. The number of fused-ring (bicyclic) bond motifs is 1. The number of nitrogens with zero attached hydrogens (tertiary/aromatic N) is 2. The molecule has 4 heterocycles. The molecule has 124 valence electrons. The molecule has 2 amide bonds. The van der Waals surface area contributed by atoms with Crippen molar-refractivity contribution in [1.29, 1.82) is 0 Å².